The largest absolute Gasteiger partial charge is 0.393 e. The highest BCUT2D eigenvalue weighted by atomic mass is 16.6. The van der Waals surface area contributed by atoms with Gasteiger partial charge in [-0.2, -0.15) is 0 Å². The fourth-order valence-corrected chi connectivity index (χ4v) is 0.399. The second-order valence-electron chi connectivity index (χ2n) is 1.81. The van der Waals surface area contributed by atoms with Gasteiger partial charge in [0.25, 0.3) is 5.91 Å². The van der Waals surface area contributed by atoms with Gasteiger partial charge < -0.3 is 15.6 Å². The molecule has 0 bridgehead atoms. The van der Waals surface area contributed by atoms with E-state index in [2.05, 4.69) is 4.74 Å². The molecule has 1 heterocycles. The molecule has 1 aliphatic heterocycles. The molecule has 1 unspecified atom stereocenters. The molecule has 0 radical (unpaired) electrons. The van der Waals surface area contributed by atoms with Crippen molar-refractivity contribution in [1.29, 1.82) is 0 Å². The van der Waals surface area contributed by atoms with Gasteiger partial charge in [0.2, 0.25) is 0 Å². The van der Waals surface area contributed by atoms with Crippen molar-refractivity contribution >= 4 is 5.91 Å². The summed E-state index contributed by atoms with van der Waals surface area (Å²) in [5.74, 6) is -0.583. The van der Waals surface area contributed by atoms with E-state index in [-0.39, 0.29) is 13.2 Å². The Morgan fingerprint density at radius 1 is 2.00 bits per heavy atom. The number of ether oxygens (including phenoxy) is 1. The molecule has 1 aliphatic rings. The summed E-state index contributed by atoms with van der Waals surface area (Å²) in [5, 5.41) is 8.40. The van der Waals surface area contributed by atoms with Gasteiger partial charge in [0, 0.05) is 0 Å². The van der Waals surface area contributed by atoms with Gasteiger partial charge in [-0.05, 0) is 0 Å². The predicted molar refractivity (Wildman–Crippen MR) is 25.0 cm³/mol. The molecule has 1 fully saturated rings. The molecular weight excluding hydrogens is 110 g/mol. The van der Waals surface area contributed by atoms with Crippen LogP contribution in [0.15, 0.2) is 0 Å². The molecule has 0 aromatic rings. The molecule has 4 nitrogen and oxygen atoms in total. The number of epoxide rings is 1. The van der Waals surface area contributed by atoms with Crippen LogP contribution in [0.25, 0.3) is 0 Å². The topological polar surface area (TPSA) is 75.9 Å². The first-order valence-electron chi connectivity index (χ1n) is 2.26. The molecule has 46 valence electrons. The maximum absolute atomic E-state index is 10.3. The van der Waals surface area contributed by atoms with E-state index in [4.69, 9.17) is 10.8 Å². The van der Waals surface area contributed by atoms with E-state index in [1.54, 1.807) is 0 Å². The summed E-state index contributed by atoms with van der Waals surface area (Å²) in [6, 6.07) is 0. The summed E-state index contributed by atoms with van der Waals surface area (Å²) in [5.41, 5.74) is 3.81. The average molecular weight is 117 g/mol. The van der Waals surface area contributed by atoms with Gasteiger partial charge in [0.1, 0.15) is 0 Å². The van der Waals surface area contributed by atoms with Gasteiger partial charge in [-0.25, -0.2) is 0 Å². The highest BCUT2D eigenvalue weighted by Gasteiger charge is 2.50. The molecule has 3 N–H and O–H groups in total. The third-order valence-electron chi connectivity index (χ3n) is 1.20. The first-order valence-corrected chi connectivity index (χ1v) is 2.26. The Labute approximate surface area is 46.2 Å². The van der Waals surface area contributed by atoms with Crippen molar-refractivity contribution < 1.29 is 14.6 Å². The molecule has 0 aromatic heterocycles. The summed E-state index contributed by atoms with van der Waals surface area (Å²) in [4.78, 5) is 10.3. The standard InChI is InChI=1S/C4H7NO3/c5-3(7)4(1-6)2-8-4/h6H,1-2H2,(H2,5,7). The number of aliphatic hydroxyl groups is 1. The molecule has 8 heavy (non-hydrogen) atoms. The maximum Gasteiger partial charge on any atom is 0.254 e. The number of amides is 1. The van der Waals surface area contributed by atoms with E-state index >= 15 is 0 Å². The van der Waals surface area contributed by atoms with Crippen molar-refractivity contribution in [3.8, 4) is 0 Å². The second-order valence-corrected chi connectivity index (χ2v) is 1.81. The van der Waals surface area contributed by atoms with E-state index in [0.29, 0.717) is 0 Å². The van der Waals surface area contributed by atoms with Crippen LogP contribution in [0.4, 0.5) is 0 Å². The Hall–Kier alpha value is -0.610. The van der Waals surface area contributed by atoms with Crippen molar-refractivity contribution in [3.63, 3.8) is 0 Å². The Morgan fingerprint density at radius 3 is 2.50 bits per heavy atom. The zero-order chi connectivity index (χ0) is 6.20. The van der Waals surface area contributed by atoms with Crippen molar-refractivity contribution in [1.82, 2.24) is 0 Å². The minimum atomic E-state index is -1.01. The van der Waals surface area contributed by atoms with Crippen LogP contribution in [-0.2, 0) is 9.53 Å². The molecule has 0 aliphatic carbocycles. The smallest absolute Gasteiger partial charge is 0.254 e. The van der Waals surface area contributed by atoms with Crippen LogP contribution in [0.1, 0.15) is 0 Å². The van der Waals surface area contributed by atoms with Crippen LogP contribution in [0.2, 0.25) is 0 Å². The Balaban J connectivity index is 2.53. The molecule has 4 heteroatoms. The van der Waals surface area contributed by atoms with Crippen LogP contribution in [0.5, 0.6) is 0 Å². The summed E-state index contributed by atoms with van der Waals surface area (Å²) in [6.07, 6.45) is 0. The molecular formula is C4H7NO3. The third kappa shape index (κ3) is 0.579. The van der Waals surface area contributed by atoms with Crippen molar-refractivity contribution in [3.05, 3.63) is 0 Å². The minimum absolute atomic E-state index is 0.263. The lowest BCUT2D eigenvalue weighted by Gasteiger charge is -1.98. The van der Waals surface area contributed by atoms with Gasteiger partial charge in [0.15, 0.2) is 5.60 Å². The number of aliphatic hydroxyl groups excluding tert-OH is 1. The van der Waals surface area contributed by atoms with Crippen molar-refractivity contribution in [2.45, 2.75) is 5.60 Å². The van der Waals surface area contributed by atoms with Crippen LogP contribution in [0, 0.1) is 0 Å². The van der Waals surface area contributed by atoms with E-state index in [0.717, 1.165) is 0 Å². The molecule has 0 saturated carbocycles. The van der Waals surface area contributed by atoms with Gasteiger partial charge >= 0.3 is 0 Å². The van der Waals surface area contributed by atoms with Crippen molar-refractivity contribution in [2.24, 2.45) is 5.73 Å². The summed E-state index contributed by atoms with van der Waals surface area (Å²) >= 11 is 0. The zero-order valence-electron chi connectivity index (χ0n) is 4.26. The highest BCUT2D eigenvalue weighted by molar-refractivity contribution is 5.86. The molecule has 1 rings (SSSR count). The van der Waals surface area contributed by atoms with E-state index in [9.17, 15) is 4.79 Å². The molecule has 1 amide bonds. The van der Waals surface area contributed by atoms with Gasteiger partial charge in [-0.15, -0.1) is 0 Å². The Bertz CT molecular complexity index is 118. The summed E-state index contributed by atoms with van der Waals surface area (Å²) in [7, 11) is 0. The average Bonchev–Trinajstić information content (AvgIpc) is 2.44. The number of carbonyl (C=O) groups excluding carboxylic acids is 1. The second kappa shape index (κ2) is 1.43. The van der Waals surface area contributed by atoms with Gasteiger partial charge in [-0.3, -0.25) is 4.79 Å². The van der Waals surface area contributed by atoms with E-state index < -0.39 is 11.5 Å². The molecule has 0 spiro atoms. The first kappa shape index (κ1) is 5.53. The minimum Gasteiger partial charge on any atom is -0.393 e. The number of primary amides is 1. The van der Waals surface area contributed by atoms with Gasteiger partial charge in [-0.1, -0.05) is 0 Å². The Kier molecular flexibility index (Phi) is 0.988. The normalized spacial score (nSPS) is 34.6. The SMILES string of the molecule is NC(=O)C1(CO)CO1. The number of nitrogens with two attached hydrogens (primary N) is 1. The molecule has 1 saturated heterocycles. The van der Waals surface area contributed by atoms with E-state index in [1.165, 1.54) is 0 Å². The molecule has 0 aromatic carbocycles. The third-order valence-corrected chi connectivity index (χ3v) is 1.20. The Morgan fingerprint density at radius 2 is 2.50 bits per heavy atom. The summed E-state index contributed by atoms with van der Waals surface area (Å²) in [6.45, 7) is -0.0405. The quantitative estimate of drug-likeness (QED) is 0.420. The number of rotatable bonds is 2. The van der Waals surface area contributed by atoms with Crippen LogP contribution in [-0.4, -0.2) is 29.8 Å². The lowest BCUT2D eigenvalue weighted by Crippen LogP contribution is -2.35. The number of hydrogen-bond acceptors (Lipinski definition) is 3. The van der Waals surface area contributed by atoms with Crippen LogP contribution >= 0.6 is 0 Å². The fourth-order valence-electron chi connectivity index (χ4n) is 0.399. The summed E-state index contributed by atoms with van der Waals surface area (Å²) < 4.78 is 4.58. The van der Waals surface area contributed by atoms with Gasteiger partial charge in [0.05, 0.1) is 13.2 Å². The number of carbonyl (C=O) groups is 1. The van der Waals surface area contributed by atoms with Crippen molar-refractivity contribution in [2.75, 3.05) is 13.2 Å². The number of hydrogen-bond donors (Lipinski definition) is 2. The maximum atomic E-state index is 10.3. The first-order chi connectivity index (χ1) is 3.71. The highest BCUT2D eigenvalue weighted by Crippen LogP contribution is 2.24. The lowest BCUT2D eigenvalue weighted by atomic mass is 10.2. The van der Waals surface area contributed by atoms with Crippen LogP contribution < -0.4 is 5.73 Å². The zero-order valence-corrected chi connectivity index (χ0v) is 4.26. The van der Waals surface area contributed by atoms with Crippen LogP contribution in [0.3, 0.4) is 0 Å². The predicted octanol–water partition coefficient (Wildman–Crippen LogP) is -1.77. The molecule has 1 atom stereocenters. The lowest BCUT2D eigenvalue weighted by molar-refractivity contribution is -0.124. The van der Waals surface area contributed by atoms with E-state index in [1.807, 2.05) is 0 Å². The fraction of sp³-hybridized carbons (Fsp3) is 0.750. The monoisotopic (exact) mass is 117 g/mol.